The van der Waals surface area contributed by atoms with Crippen LogP contribution in [0.1, 0.15) is 31.8 Å². The van der Waals surface area contributed by atoms with E-state index in [1.54, 1.807) is 24.3 Å². The summed E-state index contributed by atoms with van der Waals surface area (Å²) >= 11 is 0. The van der Waals surface area contributed by atoms with Crippen molar-refractivity contribution in [1.29, 1.82) is 5.26 Å². The molecule has 0 aliphatic carbocycles. The topological polar surface area (TPSA) is 104 Å². The van der Waals surface area contributed by atoms with Gasteiger partial charge in [-0.2, -0.15) is 5.26 Å². The van der Waals surface area contributed by atoms with Gasteiger partial charge in [-0.25, -0.2) is 0 Å². The van der Waals surface area contributed by atoms with Gasteiger partial charge in [0.2, 0.25) is 0 Å². The summed E-state index contributed by atoms with van der Waals surface area (Å²) in [4.78, 5) is 36.1. The lowest BCUT2D eigenvalue weighted by molar-refractivity contribution is -0.385. The minimum Gasteiger partial charge on any atom is -0.270 e. The van der Waals surface area contributed by atoms with E-state index >= 15 is 0 Å². The Morgan fingerprint density at radius 1 is 1.09 bits per heavy atom. The van der Waals surface area contributed by atoms with E-state index in [0.717, 1.165) is 4.90 Å². The van der Waals surface area contributed by atoms with E-state index in [-0.39, 0.29) is 23.4 Å². The normalized spacial score (nSPS) is 12.9. The molecule has 0 radical (unpaired) electrons. The van der Waals surface area contributed by atoms with Gasteiger partial charge in [0.15, 0.2) is 0 Å². The molecular weight excluding hydrogens is 298 g/mol. The zero-order valence-corrected chi connectivity index (χ0v) is 11.7. The van der Waals surface area contributed by atoms with Crippen LogP contribution >= 0.6 is 0 Å². The third kappa shape index (κ3) is 2.32. The molecule has 23 heavy (non-hydrogen) atoms. The van der Waals surface area contributed by atoms with E-state index in [1.807, 2.05) is 6.07 Å². The van der Waals surface area contributed by atoms with Gasteiger partial charge >= 0.3 is 0 Å². The second-order valence-electron chi connectivity index (χ2n) is 4.96. The molecule has 3 rings (SSSR count). The Morgan fingerprint density at radius 2 is 1.78 bits per heavy atom. The van der Waals surface area contributed by atoms with Gasteiger partial charge in [0.05, 0.1) is 28.7 Å². The van der Waals surface area contributed by atoms with Crippen LogP contribution in [0.4, 0.5) is 5.69 Å². The molecule has 0 fully saturated rings. The molecule has 1 heterocycles. The molecule has 1 aliphatic rings. The second kappa shape index (κ2) is 5.35. The first-order chi connectivity index (χ1) is 11.0. The Kier molecular flexibility index (Phi) is 3.35. The van der Waals surface area contributed by atoms with Gasteiger partial charge in [-0.3, -0.25) is 24.6 Å². The van der Waals surface area contributed by atoms with Crippen LogP contribution in [-0.2, 0) is 6.54 Å². The van der Waals surface area contributed by atoms with Crippen molar-refractivity contribution in [2.24, 2.45) is 0 Å². The molecule has 0 spiro atoms. The van der Waals surface area contributed by atoms with Crippen LogP contribution in [0.2, 0.25) is 0 Å². The summed E-state index contributed by atoms with van der Waals surface area (Å²) in [6.45, 7) is -0.00475. The third-order valence-electron chi connectivity index (χ3n) is 3.60. The second-order valence-corrected chi connectivity index (χ2v) is 4.96. The van der Waals surface area contributed by atoms with Crippen LogP contribution in [0.3, 0.4) is 0 Å². The molecule has 7 nitrogen and oxygen atoms in total. The monoisotopic (exact) mass is 307 g/mol. The van der Waals surface area contributed by atoms with Crippen LogP contribution in [0.5, 0.6) is 0 Å². The molecule has 0 saturated heterocycles. The first kappa shape index (κ1) is 14.4. The third-order valence-corrected chi connectivity index (χ3v) is 3.60. The van der Waals surface area contributed by atoms with Gasteiger partial charge in [-0.05, 0) is 23.8 Å². The lowest BCUT2D eigenvalue weighted by Gasteiger charge is -2.13. The quantitative estimate of drug-likeness (QED) is 0.491. The van der Waals surface area contributed by atoms with Crippen molar-refractivity contribution in [3.05, 3.63) is 74.8 Å². The molecule has 7 heteroatoms. The number of amides is 2. The lowest BCUT2D eigenvalue weighted by atomic mass is 10.1. The summed E-state index contributed by atoms with van der Waals surface area (Å²) in [5.74, 6) is -1.24. The zero-order chi connectivity index (χ0) is 16.6. The number of benzene rings is 2. The summed E-state index contributed by atoms with van der Waals surface area (Å²) in [6.07, 6.45) is 0. The number of hydrogen-bond donors (Lipinski definition) is 0. The summed E-state index contributed by atoms with van der Waals surface area (Å²) in [5.41, 5.74) is 0.616. The maximum absolute atomic E-state index is 12.4. The van der Waals surface area contributed by atoms with E-state index in [4.69, 9.17) is 5.26 Å². The molecule has 2 aromatic carbocycles. The number of imide groups is 1. The highest BCUT2D eigenvalue weighted by molar-refractivity contribution is 6.23. The number of nitro groups is 1. The highest BCUT2D eigenvalue weighted by Crippen LogP contribution is 2.31. The minimum atomic E-state index is -0.679. The summed E-state index contributed by atoms with van der Waals surface area (Å²) in [6, 6.07) is 12.4. The number of carbonyl (C=O) groups excluding carboxylic acids is 2. The van der Waals surface area contributed by atoms with Gasteiger partial charge in [0, 0.05) is 6.07 Å². The van der Waals surface area contributed by atoms with Crippen LogP contribution in [0, 0.1) is 21.4 Å². The Bertz CT molecular complexity index is 881. The Labute approximate surface area is 130 Å². The van der Waals surface area contributed by atoms with Gasteiger partial charge in [0.1, 0.15) is 5.56 Å². The Hall–Kier alpha value is -3.53. The van der Waals surface area contributed by atoms with Crippen LogP contribution in [-0.4, -0.2) is 21.6 Å². The molecule has 2 aromatic rings. The predicted octanol–water partition coefficient (Wildman–Crippen LogP) is 2.26. The number of rotatable bonds is 3. The van der Waals surface area contributed by atoms with Gasteiger partial charge in [0.25, 0.3) is 17.5 Å². The van der Waals surface area contributed by atoms with Crippen molar-refractivity contribution in [2.75, 3.05) is 0 Å². The highest BCUT2D eigenvalue weighted by Gasteiger charge is 2.40. The molecule has 0 N–H and O–H groups in total. The highest BCUT2D eigenvalue weighted by atomic mass is 16.6. The van der Waals surface area contributed by atoms with Gasteiger partial charge < -0.3 is 0 Å². The number of fused-ring (bicyclic) bond motifs is 1. The van der Waals surface area contributed by atoms with Crippen molar-refractivity contribution in [2.45, 2.75) is 6.54 Å². The van der Waals surface area contributed by atoms with Crippen LogP contribution in [0.15, 0.2) is 42.5 Å². The summed E-state index contributed by atoms with van der Waals surface area (Å²) < 4.78 is 0. The van der Waals surface area contributed by atoms with E-state index in [1.165, 1.54) is 18.2 Å². The van der Waals surface area contributed by atoms with Crippen molar-refractivity contribution in [3.63, 3.8) is 0 Å². The predicted molar refractivity (Wildman–Crippen MR) is 78.5 cm³/mol. The van der Waals surface area contributed by atoms with Gasteiger partial charge in [-0.1, -0.05) is 18.2 Å². The van der Waals surface area contributed by atoms with Crippen molar-refractivity contribution in [3.8, 4) is 6.07 Å². The zero-order valence-electron chi connectivity index (χ0n) is 11.7. The number of nitrogens with zero attached hydrogens (tertiary/aromatic N) is 3. The standard InChI is InChI=1S/C16H9N3O4/c17-8-10-4-6-11(7-5-10)9-18-15(20)12-2-1-3-13(19(22)23)14(12)16(18)21/h1-7H,9H2. The Balaban J connectivity index is 1.95. The largest absolute Gasteiger partial charge is 0.282 e. The van der Waals surface area contributed by atoms with E-state index < -0.39 is 16.7 Å². The molecule has 112 valence electrons. The van der Waals surface area contributed by atoms with Crippen molar-refractivity contribution >= 4 is 17.5 Å². The maximum atomic E-state index is 12.4. The smallest absolute Gasteiger partial charge is 0.270 e. The molecule has 1 aliphatic heterocycles. The first-order valence-corrected chi connectivity index (χ1v) is 6.65. The average molecular weight is 307 g/mol. The SMILES string of the molecule is N#Cc1ccc(CN2C(=O)c3cccc([N+](=O)[O-])c3C2=O)cc1. The number of carbonyl (C=O) groups is 2. The molecule has 0 atom stereocenters. The number of hydrogen-bond acceptors (Lipinski definition) is 5. The van der Waals surface area contributed by atoms with Crippen molar-refractivity contribution in [1.82, 2.24) is 4.90 Å². The Morgan fingerprint density at radius 3 is 2.39 bits per heavy atom. The molecular formula is C16H9N3O4. The molecule has 2 amide bonds. The van der Waals surface area contributed by atoms with E-state index in [9.17, 15) is 19.7 Å². The van der Waals surface area contributed by atoms with Crippen LogP contribution in [0.25, 0.3) is 0 Å². The van der Waals surface area contributed by atoms with Crippen LogP contribution < -0.4 is 0 Å². The first-order valence-electron chi connectivity index (χ1n) is 6.65. The number of nitriles is 1. The lowest BCUT2D eigenvalue weighted by Crippen LogP contribution is -2.29. The number of nitro benzene ring substituents is 1. The molecule has 0 bridgehead atoms. The molecule has 0 saturated carbocycles. The molecule has 0 aromatic heterocycles. The molecule has 0 unspecified atom stereocenters. The van der Waals surface area contributed by atoms with Crippen molar-refractivity contribution < 1.29 is 14.5 Å². The fourth-order valence-electron chi connectivity index (χ4n) is 2.48. The fraction of sp³-hybridized carbons (Fsp3) is 0.0625. The van der Waals surface area contributed by atoms with E-state index in [2.05, 4.69) is 0 Å². The van der Waals surface area contributed by atoms with E-state index in [0.29, 0.717) is 11.1 Å². The minimum absolute atomic E-state index is 0.00475. The summed E-state index contributed by atoms with van der Waals surface area (Å²) in [7, 11) is 0. The fourth-order valence-corrected chi connectivity index (χ4v) is 2.48. The van der Waals surface area contributed by atoms with Gasteiger partial charge in [-0.15, -0.1) is 0 Å². The maximum Gasteiger partial charge on any atom is 0.282 e. The summed E-state index contributed by atoms with van der Waals surface area (Å²) in [5, 5.41) is 19.8. The average Bonchev–Trinajstić information content (AvgIpc) is 2.80.